The number of aromatic nitrogens is 3. The van der Waals surface area contributed by atoms with Crippen molar-refractivity contribution in [3.8, 4) is 0 Å². The van der Waals surface area contributed by atoms with Crippen LogP contribution in [0.1, 0.15) is 51.3 Å². The van der Waals surface area contributed by atoms with Gasteiger partial charge in [0.05, 0.1) is 6.54 Å². The minimum absolute atomic E-state index is 0.0165. The Morgan fingerprint density at radius 3 is 2.42 bits per heavy atom. The molecule has 0 aliphatic heterocycles. The van der Waals surface area contributed by atoms with E-state index in [4.69, 9.17) is 12.2 Å². The quantitative estimate of drug-likeness (QED) is 0.650. The summed E-state index contributed by atoms with van der Waals surface area (Å²) < 4.78 is 2.35. The number of H-pyrrole nitrogens is 1. The van der Waals surface area contributed by atoms with Crippen LogP contribution in [0, 0.1) is 27.9 Å². The highest BCUT2D eigenvalue weighted by atomic mass is 32.1. The lowest BCUT2D eigenvalue weighted by molar-refractivity contribution is -0.117. The Hall–Kier alpha value is -1.43. The molecule has 4 aliphatic carbocycles. The summed E-state index contributed by atoms with van der Waals surface area (Å²) in [5.74, 6) is 3.43. The zero-order chi connectivity index (χ0) is 16.9. The van der Waals surface area contributed by atoms with Crippen LogP contribution in [-0.2, 0) is 18.4 Å². The smallest absolute Gasteiger partial charge is 0.244 e. The lowest BCUT2D eigenvalue weighted by Gasteiger charge is -2.57. The van der Waals surface area contributed by atoms with E-state index in [9.17, 15) is 4.79 Å². The fourth-order valence-electron chi connectivity index (χ4n) is 5.70. The van der Waals surface area contributed by atoms with Crippen LogP contribution in [0.25, 0.3) is 0 Å². The second-order valence-corrected chi connectivity index (χ2v) is 8.63. The third-order valence-corrected chi connectivity index (χ3v) is 6.98. The maximum absolute atomic E-state index is 12.4. The molecule has 1 heterocycles. The molecule has 24 heavy (non-hydrogen) atoms. The number of hydrogen-bond acceptors (Lipinski definition) is 3. The summed E-state index contributed by atoms with van der Waals surface area (Å²) in [6.45, 7) is 2.57. The van der Waals surface area contributed by atoms with Crippen molar-refractivity contribution in [2.24, 2.45) is 30.2 Å². The van der Waals surface area contributed by atoms with E-state index in [1.807, 2.05) is 13.1 Å². The number of nitrogens with zero attached hydrogens (tertiary/aromatic N) is 2. The summed E-state index contributed by atoms with van der Waals surface area (Å²) in [5, 5.41) is 9.82. The average Bonchev–Trinajstić information content (AvgIpc) is 2.83. The van der Waals surface area contributed by atoms with Gasteiger partial charge in [-0.1, -0.05) is 5.57 Å². The summed E-state index contributed by atoms with van der Waals surface area (Å²) in [6.07, 6.45) is 10.0. The summed E-state index contributed by atoms with van der Waals surface area (Å²) in [5.41, 5.74) is 1.59. The van der Waals surface area contributed by atoms with Gasteiger partial charge in [0.2, 0.25) is 5.91 Å². The molecule has 0 unspecified atom stereocenters. The molecule has 4 bridgehead atoms. The molecule has 130 valence electrons. The van der Waals surface area contributed by atoms with Crippen LogP contribution in [-0.4, -0.2) is 20.7 Å². The van der Waals surface area contributed by atoms with Gasteiger partial charge in [-0.3, -0.25) is 9.89 Å². The van der Waals surface area contributed by atoms with Gasteiger partial charge in [-0.05, 0) is 80.8 Å². The molecule has 4 saturated carbocycles. The first kappa shape index (κ1) is 16.1. The number of allylic oxidation sites excluding steroid dienone is 1. The Balaban J connectivity index is 1.44. The normalized spacial score (nSPS) is 34.6. The number of nitrogens with one attached hydrogen (secondary N) is 2. The molecule has 0 atom stereocenters. The zero-order valence-corrected chi connectivity index (χ0v) is 15.3. The first-order valence-corrected chi connectivity index (χ1v) is 9.43. The molecule has 1 amide bonds. The van der Waals surface area contributed by atoms with E-state index in [-0.39, 0.29) is 5.91 Å². The van der Waals surface area contributed by atoms with Gasteiger partial charge >= 0.3 is 0 Å². The van der Waals surface area contributed by atoms with Crippen LogP contribution < -0.4 is 5.32 Å². The second-order valence-electron chi connectivity index (χ2n) is 8.25. The van der Waals surface area contributed by atoms with Gasteiger partial charge in [0.15, 0.2) is 10.6 Å². The molecule has 4 fully saturated rings. The molecule has 0 aromatic carbocycles. The molecule has 6 heteroatoms. The highest BCUT2D eigenvalue weighted by Crippen LogP contribution is 2.62. The van der Waals surface area contributed by atoms with Gasteiger partial charge in [0.1, 0.15) is 0 Å². The second kappa shape index (κ2) is 5.83. The standard InChI is InChI=1S/C18H26N4OS/c1-11(3-16(23)19-10-15-20-21-17(24)22(15)2)18-7-12-4-13(8-18)6-14(5-12)9-18/h3,12-14H,4-10H2,1-2H3,(H,19,23)(H,21,24). The van der Waals surface area contributed by atoms with E-state index in [1.54, 1.807) is 4.57 Å². The molecule has 5 rings (SSSR count). The Bertz CT molecular complexity index is 709. The van der Waals surface area contributed by atoms with Crippen molar-refractivity contribution in [3.63, 3.8) is 0 Å². The van der Waals surface area contributed by atoms with Crippen LogP contribution in [0.4, 0.5) is 0 Å². The van der Waals surface area contributed by atoms with Crippen LogP contribution >= 0.6 is 12.2 Å². The minimum Gasteiger partial charge on any atom is -0.345 e. The van der Waals surface area contributed by atoms with Gasteiger partial charge in [-0.25, -0.2) is 0 Å². The molecule has 4 aliphatic rings. The Morgan fingerprint density at radius 1 is 1.33 bits per heavy atom. The van der Waals surface area contributed by atoms with Crippen LogP contribution in [0.3, 0.4) is 0 Å². The predicted molar refractivity (Wildman–Crippen MR) is 94.6 cm³/mol. The Morgan fingerprint density at radius 2 is 1.92 bits per heavy atom. The van der Waals surface area contributed by atoms with Gasteiger partial charge in [-0.15, -0.1) is 0 Å². The fourth-order valence-corrected chi connectivity index (χ4v) is 5.85. The van der Waals surface area contributed by atoms with E-state index in [2.05, 4.69) is 22.4 Å². The minimum atomic E-state index is -0.0165. The number of carbonyl (C=O) groups excluding carboxylic acids is 1. The van der Waals surface area contributed by atoms with Crippen LogP contribution in [0.5, 0.6) is 0 Å². The highest BCUT2D eigenvalue weighted by molar-refractivity contribution is 7.71. The maximum atomic E-state index is 12.4. The monoisotopic (exact) mass is 346 g/mol. The lowest BCUT2D eigenvalue weighted by atomic mass is 9.48. The number of amides is 1. The number of hydrogen-bond donors (Lipinski definition) is 2. The SMILES string of the molecule is CC(=CC(=O)NCc1n[nH]c(=S)n1C)C12CC3CC(CC(C3)C1)C2. The summed E-state index contributed by atoms with van der Waals surface area (Å²) >= 11 is 5.09. The van der Waals surface area contributed by atoms with E-state index in [0.717, 1.165) is 23.6 Å². The van der Waals surface area contributed by atoms with Gasteiger partial charge in [0, 0.05) is 13.1 Å². The third kappa shape index (κ3) is 2.75. The zero-order valence-electron chi connectivity index (χ0n) is 14.5. The molecule has 1 aromatic rings. The van der Waals surface area contributed by atoms with Crippen LogP contribution in [0.2, 0.25) is 0 Å². The van der Waals surface area contributed by atoms with Crippen molar-refractivity contribution in [1.29, 1.82) is 0 Å². The molecular formula is C18H26N4OS. The van der Waals surface area contributed by atoms with Crippen LogP contribution in [0.15, 0.2) is 11.6 Å². The molecule has 1 aromatic heterocycles. The molecule has 2 N–H and O–H groups in total. The molecule has 0 radical (unpaired) electrons. The fraction of sp³-hybridized carbons (Fsp3) is 0.722. The Labute approximate surface area is 147 Å². The predicted octanol–water partition coefficient (Wildman–Crippen LogP) is 3.26. The molecule has 0 spiro atoms. The first-order valence-electron chi connectivity index (χ1n) is 9.02. The van der Waals surface area contributed by atoms with E-state index in [1.165, 1.54) is 44.1 Å². The average molecular weight is 347 g/mol. The van der Waals surface area contributed by atoms with Gasteiger partial charge in [-0.2, -0.15) is 5.10 Å². The van der Waals surface area contributed by atoms with Gasteiger partial charge in [0.25, 0.3) is 0 Å². The Kier molecular flexibility index (Phi) is 3.90. The van der Waals surface area contributed by atoms with Crippen molar-refractivity contribution in [1.82, 2.24) is 20.1 Å². The molecule has 0 saturated heterocycles. The molecule has 5 nitrogen and oxygen atoms in total. The maximum Gasteiger partial charge on any atom is 0.244 e. The topological polar surface area (TPSA) is 62.7 Å². The number of aromatic amines is 1. The highest BCUT2D eigenvalue weighted by Gasteiger charge is 2.51. The lowest BCUT2D eigenvalue weighted by Crippen LogP contribution is -2.46. The number of rotatable bonds is 4. The van der Waals surface area contributed by atoms with Crippen molar-refractivity contribution < 1.29 is 4.79 Å². The van der Waals surface area contributed by atoms with Crippen molar-refractivity contribution in [3.05, 3.63) is 22.2 Å². The summed E-state index contributed by atoms with van der Waals surface area (Å²) in [7, 11) is 1.85. The number of carbonyl (C=O) groups is 1. The molecular weight excluding hydrogens is 320 g/mol. The third-order valence-electron chi connectivity index (χ3n) is 6.62. The first-order chi connectivity index (χ1) is 11.4. The van der Waals surface area contributed by atoms with E-state index < -0.39 is 0 Å². The van der Waals surface area contributed by atoms with Crippen molar-refractivity contribution >= 4 is 18.1 Å². The van der Waals surface area contributed by atoms with E-state index >= 15 is 0 Å². The van der Waals surface area contributed by atoms with Crippen molar-refractivity contribution in [2.45, 2.75) is 52.0 Å². The summed E-state index contributed by atoms with van der Waals surface area (Å²) in [6, 6.07) is 0. The summed E-state index contributed by atoms with van der Waals surface area (Å²) in [4.78, 5) is 12.4. The largest absolute Gasteiger partial charge is 0.345 e. The van der Waals surface area contributed by atoms with Crippen molar-refractivity contribution in [2.75, 3.05) is 0 Å². The van der Waals surface area contributed by atoms with Gasteiger partial charge < -0.3 is 9.88 Å². The van der Waals surface area contributed by atoms with E-state index in [0.29, 0.717) is 16.7 Å².